The number of halogens is 1. The van der Waals surface area contributed by atoms with Crippen molar-refractivity contribution >= 4 is 34.2 Å². The summed E-state index contributed by atoms with van der Waals surface area (Å²) in [6.45, 7) is 2.49. The number of rotatable bonds is 4. The summed E-state index contributed by atoms with van der Waals surface area (Å²) in [5, 5.41) is 5.49. The van der Waals surface area contributed by atoms with E-state index < -0.39 is 0 Å². The molecule has 4 nitrogen and oxygen atoms in total. The van der Waals surface area contributed by atoms with Gasteiger partial charge < -0.3 is 9.42 Å². The molecule has 0 radical (unpaired) electrons. The fourth-order valence-electron chi connectivity index (χ4n) is 2.45. The molecule has 0 fully saturated rings. The van der Waals surface area contributed by atoms with Gasteiger partial charge in [0.15, 0.2) is 5.58 Å². The first-order valence-electron chi connectivity index (χ1n) is 7.08. The molecule has 0 saturated carbocycles. The highest BCUT2D eigenvalue weighted by molar-refractivity contribution is 6.30. The number of para-hydroxylation sites is 1. The number of carbonyl (C=O) groups excluding carboxylic acids is 1. The molecule has 0 bridgehead atoms. The van der Waals surface area contributed by atoms with Gasteiger partial charge in [0.25, 0.3) is 0 Å². The number of benzene rings is 2. The first kappa shape index (κ1) is 14.6. The topological polar surface area (TPSA) is 46.3 Å². The first-order chi connectivity index (χ1) is 10.7. The van der Waals surface area contributed by atoms with E-state index >= 15 is 0 Å². The van der Waals surface area contributed by atoms with E-state index in [1.807, 2.05) is 43.3 Å². The van der Waals surface area contributed by atoms with Crippen LogP contribution in [0.4, 0.5) is 5.69 Å². The maximum Gasteiger partial charge on any atom is 0.233 e. The lowest BCUT2D eigenvalue weighted by Crippen LogP contribution is -2.32. The Bertz CT molecular complexity index is 813. The van der Waals surface area contributed by atoms with Gasteiger partial charge in [-0.3, -0.25) is 4.79 Å². The predicted molar refractivity (Wildman–Crippen MR) is 87.2 cm³/mol. The minimum atomic E-state index is -0.0381. The highest BCUT2D eigenvalue weighted by Gasteiger charge is 2.18. The van der Waals surface area contributed by atoms with Gasteiger partial charge in [-0.2, -0.15) is 0 Å². The van der Waals surface area contributed by atoms with Crippen LogP contribution in [0.15, 0.2) is 53.1 Å². The van der Waals surface area contributed by atoms with Crippen molar-refractivity contribution < 1.29 is 9.32 Å². The number of hydrogen-bond acceptors (Lipinski definition) is 3. The van der Waals surface area contributed by atoms with E-state index in [1.54, 1.807) is 17.0 Å². The first-order valence-corrected chi connectivity index (χ1v) is 7.46. The molecular weight excluding hydrogens is 300 g/mol. The van der Waals surface area contributed by atoms with Crippen molar-refractivity contribution in [1.29, 1.82) is 0 Å². The van der Waals surface area contributed by atoms with Crippen molar-refractivity contribution in [3.05, 3.63) is 59.2 Å². The van der Waals surface area contributed by atoms with Crippen LogP contribution in [0.25, 0.3) is 11.0 Å². The largest absolute Gasteiger partial charge is 0.356 e. The van der Waals surface area contributed by atoms with Crippen LogP contribution in [0.1, 0.15) is 12.6 Å². The Morgan fingerprint density at radius 1 is 1.23 bits per heavy atom. The molecule has 0 unspecified atom stereocenters. The lowest BCUT2D eigenvalue weighted by Gasteiger charge is -2.20. The van der Waals surface area contributed by atoms with Crippen LogP contribution < -0.4 is 4.90 Å². The molecule has 22 heavy (non-hydrogen) atoms. The van der Waals surface area contributed by atoms with Gasteiger partial charge in [-0.25, -0.2) is 0 Å². The number of anilines is 1. The van der Waals surface area contributed by atoms with E-state index in [4.69, 9.17) is 16.1 Å². The summed E-state index contributed by atoms with van der Waals surface area (Å²) >= 11 is 6.01. The molecule has 5 heteroatoms. The summed E-state index contributed by atoms with van der Waals surface area (Å²) < 4.78 is 5.25. The van der Waals surface area contributed by atoms with Crippen LogP contribution in [0.5, 0.6) is 0 Å². The minimum absolute atomic E-state index is 0.0381. The third-order valence-corrected chi connectivity index (χ3v) is 3.74. The minimum Gasteiger partial charge on any atom is -0.356 e. The summed E-state index contributed by atoms with van der Waals surface area (Å²) in [5.41, 5.74) is 2.13. The van der Waals surface area contributed by atoms with Crippen LogP contribution in [0.3, 0.4) is 0 Å². The van der Waals surface area contributed by atoms with Gasteiger partial charge in [0.1, 0.15) is 5.69 Å². The van der Waals surface area contributed by atoms with E-state index in [9.17, 15) is 4.79 Å². The quantitative estimate of drug-likeness (QED) is 0.729. The lowest BCUT2D eigenvalue weighted by molar-refractivity contribution is -0.118. The van der Waals surface area contributed by atoms with Crippen LogP contribution in [-0.4, -0.2) is 17.6 Å². The molecule has 2 aromatic carbocycles. The van der Waals surface area contributed by atoms with Crippen molar-refractivity contribution in [1.82, 2.24) is 5.16 Å². The predicted octanol–water partition coefficient (Wildman–Crippen LogP) is 4.08. The normalized spacial score (nSPS) is 10.8. The molecule has 0 aliphatic carbocycles. The van der Waals surface area contributed by atoms with Crippen LogP contribution >= 0.6 is 11.6 Å². The molecule has 1 amide bonds. The average molecular weight is 315 g/mol. The zero-order chi connectivity index (χ0) is 15.5. The van der Waals surface area contributed by atoms with Gasteiger partial charge >= 0.3 is 0 Å². The fourth-order valence-corrected chi connectivity index (χ4v) is 2.64. The number of amides is 1. The van der Waals surface area contributed by atoms with E-state index in [0.29, 0.717) is 22.8 Å². The number of nitrogens with zero attached hydrogens (tertiary/aromatic N) is 2. The molecule has 3 aromatic rings. The third-order valence-electron chi connectivity index (χ3n) is 3.51. The average Bonchev–Trinajstić information content (AvgIpc) is 2.91. The number of carbonyl (C=O) groups is 1. The summed E-state index contributed by atoms with van der Waals surface area (Å²) in [6, 6.07) is 14.8. The molecular formula is C17H15ClN2O2. The number of fused-ring (bicyclic) bond motifs is 1. The Hall–Kier alpha value is -2.33. The van der Waals surface area contributed by atoms with Crippen LogP contribution in [0.2, 0.25) is 5.02 Å². The second-order valence-corrected chi connectivity index (χ2v) is 5.36. The van der Waals surface area contributed by atoms with Crippen molar-refractivity contribution in [3.8, 4) is 0 Å². The van der Waals surface area contributed by atoms with Crippen LogP contribution in [0, 0.1) is 0 Å². The van der Waals surface area contributed by atoms with Crippen molar-refractivity contribution in [2.75, 3.05) is 11.4 Å². The van der Waals surface area contributed by atoms with Crippen molar-refractivity contribution in [2.24, 2.45) is 0 Å². The molecule has 3 rings (SSSR count). The number of hydrogen-bond donors (Lipinski definition) is 0. The van der Waals surface area contributed by atoms with Gasteiger partial charge in [-0.1, -0.05) is 35.0 Å². The second kappa shape index (κ2) is 6.20. The molecule has 112 valence electrons. The Labute approximate surface area is 133 Å². The number of aromatic nitrogens is 1. The maximum absolute atomic E-state index is 12.6. The van der Waals surface area contributed by atoms with Crippen LogP contribution in [-0.2, 0) is 11.2 Å². The summed E-state index contributed by atoms with van der Waals surface area (Å²) in [5.74, 6) is -0.0381. The van der Waals surface area contributed by atoms with Gasteiger partial charge in [0, 0.05) is 22.6 Å². The van der Waals surface area contributed by atoms with E-state index in [1.165, 1.54) is 0 Å². The van der Waals surface area contributed by atoms with Gasteiger partial charge in [-0.15, -0.1) is 0 Å². The third kappa shape index (κ3) is 2.83. The molecule has 1 aromatic heterocycles. The Morgan fingerprint density at radius 3 is 2.82 bits per heavy atom. The molecule has 0 saturated heterocycles. The second-order valence-electron chi connectivity index (χ2n) is 4.92. The standard InChI is InChI=1S/C17H15ClN2O2/c1-2-20(13-7-5-6-12(18)10-13)17(21)11-15-14-8-3-4-9-16(14)22-19-15/h3-10H,2,11H2,1H3. The zero-order valence-corrected chi connectivity index (χ0v) is 12.9. The smallest absolute Gasteiger partial charge is 0.233 e. The SMILES string of the molecule is CCN(C(=O)Cc1noc2ccccc12)c1cccc(Cl)c1. The molecule has 0 spiro atoms. The Balaban J connectivity index is 1.86. The maximum atomic E-state index is 12.6. The van der Waals surface area contributed by atoms with Crippen molar-refractivity contribution in [2.45, 2.75) is 13.3 Å². The fraction of sp³-hybridized carbons (Fsp3) is 0.176. The molecule has 0 atom stereocenters. The molecule has 0 aliphatic heterocycles. The summed E-state index contributed by atoms with van der Waals surface area (Å²) in [4.78, 5) is 14.3. The summed E-state index contributed by atoms with van der Waals surface area (Å²) in [6.07, 6.45) is 0.192. The monoisotopic (exact) mass is 314 g/mol. The van der Waals surface area contributed by atoms with Gasteiger partial charge in [0.05, 0.1) is 6.42 Å². The van der Waals surface area contributed by atoms with Gasteiger partial charge in [0.2, 0.25) is 5.91 Å². The molecule has 1 heterocycles. The summed E-state index contributed by atoms with van der Waals surface area (Å²) in [7, 11) is 0. The van der Waals surface area contributed by atoms with E-state index in [-0.39, 0.29) is 12.3 Å². The van der Waals surface area contributed by atoms with E-state index in [0.717, 1.165) is 11.1 Å². The highest BCUT2D eigenvalue weighted by atomic mass is 35.5. The number of likely N-dealkylation sites (N-methyl/N-ethyl adjacent to an activating group) is 1. The molecule has 0 N–H and O–H groups in total. The van der Waals surface area contributed by atoms with Crippen molar-refractivity contribution in [3.63, 3.8) is 0 Å². The highest BCUT2D eigenvalue weighted by Crippen LogP contribution is 2.22. The zero-order valence-electron chi connectivity index (χ0n) is 12.1. The van der Waals surface area contributed by atoms with Gasteiger partial charge in [-0.05, 0) is 37.3 Å². The Morgan fingerprint density at radius 2 is 2.05 bits per heavy atom. The lowest BCUT2D eigenvalue weighted by atomic mass is 10.1. The molecule has 0 aliphatic rings. The Kier molecular flexibility index (Phi) is 4.11. The van der Waals surface area contributed by atoms with E-state index in [2.05, 4.69) is 5.16 Å².